The van der Waals surface area contributed by atoms with Gasteiger partial charge in [0.2, 0.25) is 0 Å². The van der Waals surface area contributed by atoms with Crippen molar-refractivity contribution < 1.29 is 9.53 Å². The third kappa shape index (κ3) is 3.23. The van der Waals surface area contributed by atoms with E-state index in [1.807, 2.05) is 36.4 Å². The molecule has 0 aliphatic carbocycles. The van der Waals surface area contributed by atoms with Crippen LogP contribution in [0.25, 0.3) is 10.9 Å². The van der Waals surface area contributed by atoms with Gasteiger partial charge >= 0.3 is 0 Å². The average Bonchev–Trinajstić information content (AvgIpc) is 3.11. The molecule has 0 saturated carbocycles. The maximum atomic E-state index is 12.5. The fourth-order valence-corrected chi connectivity index (χ4v) is 4.21. The van der Waals surface area contributed by atoms with E-state index in [9.17, 15) is 4.79 Å². The van der Waals surface area contributed by atoms with Crippen LogP contribution in [0.15, 0.2) is 48.5 Å². The molecule has 3 aromatic rings. The minimum atomic E-state index is -0.350. The van der Waals surface area contributed by atoms with Crippen molar-refractivity contribution in [3.63, 3.8) is 0 Å². The summed E-state index contributed by atoms with van der Waals surface area (Å²) in [6, 6.07) is 16.2. The van der Waals surface area contributed by atoms with Crippen molar-refractivity contribution in [2.75, 3.05) is 20.2 Å². The Bertz CT molecular complexity index is 941. The van der Waals surface area contributed by atoms with Gasteiger partial charge in [0.1, 0.15) is 11.5 Å². The van der Waals surface area contributed by atoms with E-state index in [0.29, 0.717) is 0 Å². The SMILES string of the molecule is COc1ccc2n[nH]c(CN3CCC(C(C)=O)(c4ccccc4)CC3)c2c1. The maximum Gasteiger partial charge on any atom is 0.140 e. The third-order valence-corrected chi connectivity index (χ3v) is 5.93. The van der Waals surface area contributed by atoms with Crippen molar-refractivity contribution in [1.29, 1.82) is 0 Å². The quantitative estimate of drug-likeness (QED) is 0.751. The Labute approximate surface area is 159 Å². The first-order valence-electron chi connectivity index (χ1n) is 9.42. The molecule has 27 heavy (non-hydrogen) atoms. The topological polar surface area (TPSA) is 58.2 Å². The number of nitrogens with one attached hydrogen (secondary N) is 1. The minimum Gasteiger partial charge on any atom is -0.497 e. The first-order valence-corrected chi connectivity index (χ1v) is 9.42. The van der Waals surface area contributed by atoms with E-state index >= 15 is 0 Å². The lowest BCUT2D eigenvalue weighted by molar-refractivity contribution is -0.124. The number of rotatable bonds is 5. The summed E-state index contributed by atoms with van der Waals surface area (Å²) >= 11 is 0. The summed E-state index contributed by atoms with van der Waals surface area (Å²) in [6.07, 6.45) is 1.70. The van der Waals surface area contributed by atoms with Gasteiger partial charge in [-0.25, -0.2) is 0 Å². The third-order valence-electron chi connectivity index (χ3n) is 5.93. The molecular formula is C22H25N3O2. The summed E-state index contributed by atoms with van der Waals surface area (Å²) in [5, 5.41) is 8.67. The molecule has 0 bridgehead atoms. The van der Waals surface area contributed by atoms with Crippen molar-refractivity contribution in [3.05, 3.63) is 59.8 Å². The molecule has 2 heterocycles. The van der Waals surface area contributed by atoms with Crippen LogP contribution in [0, 0.1) is 0 Å². The van der Waals surface area contributed by atoms with Gasteiger partial charge in [-0.15, -0.1) is 0 Å². The Morgan fingerprint density at radius 1 is 1.19 bits per heavy atom. The molecule has 1 saturated heterocycles. The number of ketones is 1. The van der Waals surface area contributed by atoms with Crippen LogP contribution in [0.2, 0.25) is 0 Å². The lowest BCUT2D eigenvalue weighted by Gasteiger charge is -2.40. The number of aromatic nitrogens is 2. The second-order valence-electron chi connectivity index (χ2n) is 7.37. The number of carbonyl (C=O) groups excluding carboxylic acids is 1. The van der Waals surface area contributed by atoms with Crippen LogP contribution in [-0.4, -0.2) is 41.1 Å². The molecule has 1 aliphatic rings. The fraction of sp³-hybridized carbons (Fsp3) is 0.364. The fourth-order valence-electron chi connectivity index (χ4n) is 4.21. The number of benzene rings is 2. The molecule has 1 aromatic heterocycles. The first kappa shape index (κ1) is 17.7. The van der Waals surface area contributed by atoms with Gasteiger partial charge in [-0.3, -0.25) is 14.8 Å². The number of methoxy groups -OCH3 is 1. The van der Waals surface area contributed by atoms with Gasteiger partial charge in [-0.1, -0.05) is 30.3 Å². The number of likely N-dealkylation sites (tertiary alicyclic amines) is 1. The van der Waals surface area contributed by atoms with Gasteiger partial charge in [0.25, 0.3) is 0 Å². The van der Waals surface area contributed by atoms with E-state index in [4.69, 9.17) is 4.74 Å². The lowest BCUT2D eigenvalue weighted by Crippen LogP contribution is -2.46. The van der Waals surface area contributed by atoms with E-state index in [1.165, 1.54) is 0 Å². The molecule has 1 N–H and O–H groups in total. The van der Waals surface area contributed by atoms with E-state index in [2.05, 4.69) is 27.2 Å². The van der Waals surface area contributed by atoms with Crippen molar-refractivity contribution in [1.82, 2.24) is 15.1 Å². The van der Waals surface area contributed by atoms with Crippen LogP contribution >= 0.6 is 0 Å². The number of fused-ring (bicyclic) bond motifs is 1. The molecule has 0 spiro atoms. The maximum absolute atomic E-state index is 12.5. The van der Waals surface area contributed by atoms with Crippen LogP contribution in [0.4, 0.5) is 0 Å². The number of H-pyrrole nitrogens is 1. The van der Waals surface area contributed by atoms with E-state index in [-0.39, 0.29) is 11.2 Å². The normalized spacial score (nSPS) is 17.1. The molecule has 0 unspecified atom stereocenters. The largest absolute Gasteiger partial charge is 0.497 e. The Kier molecular flexibility index (Phi) is 4.70. The Balaban J connectivity index is 1.52. The zero-order chi connectivity index (χ0) is 18.9. The highest BCUT2D eigenvalue weighted by molar-refractivity contribution is 5.88. The number of hydrogen-bond acceptors (Lipinski definition) is 4. The van der Waals surface area contributed by atoms with Gasteiger partial charge in [0.05, 0.1) is 23.7 Å². The van der Waals surface area contributed by atoms with Crippen LogP contribution in [-0.2, 0) is 16.8 Å². The van der Waals surface area contributed by atoms with Crippen LogP contribution in [0.1, 0.15) is 31.0 Å². The number of aromatic amines is 1. The van der Waals surface area contributed by atoms with Crippen molar-refractivity contribution in [2.45, 2.75) is 31.7 Å². The Morgan fingerprint density at radius 2 is 1.93 bits per heavy atom. The number of hydrogen-bond donors (Lipinski definition) is 1. The van der Waals surface area contributed by atoms with Crippen LogP contribution in [0.5, 0.6) is 5.75 Å². The summed E-state index contributed by atoms with van der Waals surface area (Å²) in [4.78, 5) is 14.9. The summed E-state index contributed by atoms with van der Waals surface area (Å²) in [5.41, 5.74) is 2.84. The zero-order valence-corrected chi connectivity index (χ0v) is 15.9. The smallest absolute Gasteiger partial charge is 0.140 e. The molecular weight excluding hydrogens is 338 g/mol. The van der Waals surface area contributed by atoms with Gasteiger partial charge in [0, 0.05) is 11.9 Å². The summed E-state index contributed by atoms with van der Waals surface area (Å²) in [7, 11) is 1.68. The van der Waals surface area contributed by atoms with Crippen molar-refractivity contribution in [2.24, 2.45) is 0 Å². The number of piperidine rings is 1. The summed E-state index contributed by atoms with van der Waals surface area (Å²) < 4.78 is 5.35. The molecule has 5 heteroatoms. The van der Waals surface area contributed by atoms with Crippen molar-refractivity contribution in [3.8, 4) is 5.75 Å². The standard InChI is InChI=1S/C22H25N3O2/c1-16(26)22(17-6-4-3-5-7-17)10-12-25(13-11-22)15-21-19-14-18(27-2)8-9-20(19)23-24-21/h3-9,14H,10-13,15H2,1-2H3,(H,23,24). The molecule has 2 aromatic carbocycles. The number of nitrogens with zero attached hydrogens (tertiary/aromatic N) is 2. The number of ether oxygens (including phenoxy) is 1. The molecule has 1 aliphatic heterocycles. The van der Waals surface area contributed by atoms with E-state index in [1.54, 1.807) is 14.0 Å². The number of carbonyl (C=O) groups is 1. The lowest BCUT2D eigenvalue weighted by atomic mass is 9.70. The molecule has 0 radical (unpaired) electrons. The number of Topliss-reactive ketones (excluding diaryl/α,β-unsaturated/α-hetero) is 1. The minimum absolute atomic E-state index is 0.269. The zero-order valence-electron chi connectivity index (χ0n) is 15.9. The Morgan fingerprint density at radius 3 is 2.59 bits per heavy atom. The van der Waals surface area contributed by atoms with Crippen molar-refractivity contribution >= 4 is 16.7 Å². The first-order chi connectivity index (χ1) is 13.1. The molecule has 4 rings (SSSR count). The van der Waals surface area contributed by atoms with Crippen LogP contribution < -0.4 is 4.74 Å². The van der Waals surface area contributed by atoms with Gasteiger partial charge in [0.15, 0.2) is 0 Å². The predicted octanol–water partition coefficient (Wildman–Crippen LogP) is 3.69. The van der Waals surface area contributed by atoms with E-state index in [0.717, 1.165) is 60.4 Å². The van der Waals surface area contributed by atoms with Gasteiger partial charge < -0.3 is 4.74 Å². The molecule has 5 nitrogen and oxygen atoms in total. The molecule has 140 valence electrons. The molecule has 0 atom stereocenters. The molecule has 0 amide bonds. The highest BCUT2D eigenvalue weighted by Gasteiger charge is 2.40. The van der Waals surface area contributed by atoms with Crippen LogP contribution in [0.3, 0.4) is 0 Å². The van der Waals surface area contributed by atoms with Gasteiger partial charge in [-0.05, 0) is 56.6 Å². The summed E-state index contributed by atoms with van der Waals surface area (Å²) in [5.74, 6) is 1.11. The highest BCUT2D eigenvalue weighted by atomic mass is 16.5. The highest BCUT2D eigenvalue weighted by Crippen LogP contribution is 2.37. The Hall–Kier alpha value is -2.66. The average molecular weight is 363 g/mol. The van der Waals surface area contributed by atoms with Gasteiger partial charge in [-0.2, -0.15) is 5.10 Å². The second kappa shape index (κ2) is 7.16. The second-order valence-corrected chi connectivity index (χ2v) is 7.37. The van der Waals surface area contributed by atoms with E-state index < -0.39 is 0 Å². The summed E-state index contributed by atoms with van der Waals surface area (Å²) in [6.45, 7) is 4.31. The monoisotopic (exact) mass is 363 g/mol. The molecule has 1 fully saturated rings. The predicted molar refractivity (Wildman–Crippen MR) is 106 cm³/mol.